The van der Waals surface area contributed by atoms with Crippen molar-refractivity contribution in [2.24, 2.45) is 5.92 Å². The SMILES string of the molecule is CNC[C@H]1CCCN(C(=O)COC)C1. The number of methoxy groups -OCH3 is 1. The van der Waals surface area contributed by atoms with Gasteiger partial charge in [-0.15, -0.1) is 0 Å². The van der Waals surface area contributed by atoms with Crippen LogP contribution < -0.4 is 5.32 Å². The molecule has 0 aliphatic carbocycles. The van der Waals surface area contributed by atoms with E-state index >= 15 is 0 Å². The summed E-state index contributed by atoms with van der Waals surface area (Å²) >= 11 is 0. The fourth-order valence-corrected chi connectivity index (χ4v) is 1.96. The molecular formula is C10H20N2O2. The molecule has 0 aromatic heterocycles. The molecule has 1 rings (SSSR count). The molecule has 0 bridgehead atoms. The Morgan fingerprint density at radius 3 is 3.07 bits per heavy atom. The quantitative estimate of drug-likeness (QED) is 0.699. The molecule has 1 fully saturated rings. The molecule has 0 aromatic carbocycles. The minimum absolute atomic E-state index is 0.119. The maximum absolute atomic E-state index is 11.5. The summed E-state index contributed by atoms with van der Waals surface area (Å²) in [5.74, 6) is 0.725. The van der Waals surface area contributed by atoms with Crippen LogP contribution in [0.15, 0.2) is 0 Å². The maximum Gasteiger partial charge on any atom is 0.248 e. The van der Waals surface area contributed by atoms with E-state index in [0.29, 0.717) is 5.92 Å². The zero-order chi connectivity index (χ0) is 10.4. The highest BCUT2D eigenvalue weighted by molar-refractivity contribution is 5.77. The Hall–Kier alpha value is -0.610. The van der Waals surface area contributed by atoms with Crippen molar-refractivity contribution < 1.29 is 9.53 Å². The fraction of sp³-hybridized carbons (Fsp3) is 0.900. The van der Waals surface area contributed by atoms with Crippen LogP contribution in [0.5, 0.6) is 0 Å². The van der Waals surface area contributed by atoms with Gasteiger partial charge in [0.2, 0.25) is 5.91 Å². The molecule has 14 heavy (non-hydrogen) atoms. The third-order valence-electron chi connectivity index (χ3n) is 2.63. The van der Waals surface area contributed by atoms with Gasteiger partial charge in [-0.05, 0) is 32.4 Å². The Balaban J connectivity index is 2.35. The van der Waals surface area contributed by atoms with Crippen LogP contribution in [0.2, 0.25) is 0 Å². The normalized spacial score (nSPS) is 22.4. The van der Waals surface area contributed by atoms with E-state index in [9.17, 15) is 4.79 Å². The Morgan fingerprint density at radius 2 is 2.43 bits per heavy atom. The molecule has 1 amide bonds. The number of hydrogen-bond donors (Lipinski definition) is 1. The van der Waals surface area contributed by atoms with Gasteiger partial charge in [0.05, 0.1) is 0 Å². The van der Waals surface area contributed by atoms with Gasteiger partial charge in [0.15, 0.2) is 0 Å². The van der Waals surface area contributed by atoms with Gasteiger partial charge in [0.25, 0.3) is 0 Å². The minimum Gasteiger partial charge on any atom is -0.375 e. The second kappa shape index (κ2) is 5.98. The highest BCUT2D eigenvalue weighted by atomic mass is 16.5. The van der Waals surface area contributed by atoms with Crippen molar-refractivity contribution in [1.82, 2.24) is 10.2 Å². The summed E-state index contributed by atoms with van der Waals surface area (Å²) in [6, 6.07) is 0. The smallest absolute Gasteiger partial charge is 0.248 e. The van der Waals surface area contributed by atoms with E-state index in [-0.39, 0.29) is 12.5 Å². The van der Waals surface area contributed by atoms with Gasteiger partial charge >= 0.3 is 0 Å². The topological polar surface area (TPSA) is 41.6 Å². The Bertz CT molecular complexity index is 183. The predicted molar refractivity (Wildman–Crippen MR) is 55.1 cm³/mol. The number of piperidine rings is 1. The molecule has 1 aliphatic heterocycles. The van der Waals surface area contributed by atoms with Gasteiger partial charge in [0.1, 0.15) is 6.61 Å². The lowest BCUT2D eigenvalue weighted by molar-refractivity contribution is -0.136. The molecule has 82 valence electrons. The van der Waals surface area contributed by atoms with Gasteiger partial charge < -0.3 is 15.0 Å². The Kier molecular flexibility index (Phi) is 4.90. The second-order valence-corrected chi connectivity index (χ2v) is 3.84. The lowest BCUT2D eigenvalue weighted by Gasteiger charge is -2.32. The van der Waals surface area contributed by atoms with E-state index in [0.717, 1.165) is 26.1 Å². The van der Waals surface area contributed by atoms with Crippen molar-refractivity contribution in [2.45, 2.75) is 12.8 Å². The van der Waals surface area contributed by atoms with Crippen LogP contribution in [0.4, 0.5) is 0 Å². The van der Waals surface area contributed by atoms with Gasteiger partial charge in [-0.2, -0.15) is 0 Å². The van der Waals surface area contributed by atoms with Crippen LogP contribution in [0.3, 0.4) is 0 Å². The number of ether oxygens (including phenoxy) is 1. The summed E-state index contributed by atoms with van der Waals surface area (Å²) in [5.41, 5.74) is 0. The first-order valence-corrected chi connectivity index (χ1v) is 5.19. The highest BCUT2D eigenvalue weighted by Gasteiger charge is 2.22. The molecule has 1 saturated heterocycles. The van der Waals surface area contributed by atoms with Crippen molar-refractivity contribution in [3.8, 4) is 0 Å². The number of amides is 1. The summed E-state index contributed by atoms with van der Waals surface area (Å²) in [4.78, 5) is 13.4. The third kappa shape index (κ3) is 3.27. The molecule has 4 heteroatoms. The van der Waals surface area contributed by atoms with E-state index < -0.39 is 0 Å². The summed E-state index contributed by atoms with van der Waals surface area (Å²) in [6.07, 6.45) is 2.33. The molecule has 1 N–H and O–H groups in total. The molecular weight excluding hydrogens is 180 g/mol. The molecule has 4 nitrogen and oxygen atoms in total. The number of likely N-dealkylation sites (tertiary alicyclic amines) is 1. The molecule has 0 unspecified atom stereocenters. The number of rotatable bonds is 4. The molecule has 0 aromatic rings. The average molecular weight is 200 g/mol. The lowest BCUT2D eigenvalue weighted by atomic mass is 9.98. The van der Waals surface area contributed by atoms with Gasteiger partial charge in [0, 0.05) is 20.2 Å². The maximum atomic E-state index is 11.5. The molecule has 1 atom stereocenters. The first-order chi connectivity index (χ1) is 6.77. The summed E-state index contributed by atoms with van der Waals surface area (Å²) < 4.78 is 4.85. The third-order valence-corrected chi connectivity index (χ3v) is 2.63. The van der Waals surface area contributed by atoms with Crippen molar-refractivity contribution in [1.29, 1.82) is 0 Å². The van der Waals surface area contributed by atoms with E-state index in [1.54, 1.807) is 7.11 Å². The van der Waals surface area contributed by atoms with Gasteiger partial charge in [-0.3, -0.25) is 4.79 Å². The second-order valence-electron chi connectivity index (χ2n) is 3.84. The van der Waals surface area contributed by atoms with Crippen LogP contribution >= 0.6 is 0 Å². The number of carbonyl (C=O) groups excluding carboxylic acids is 1. The van der Waals surface area contributed by atoms with Crippen LogP contribution in [-0.2, 0) is 9.53 Å². The van der Waals surface area contributed by atoms with E-state index in [4.69, 9.17) is 4.74 Å². The summed E-state index contributed by atoms with van der Waals surface area (Å²) in [6.45, 7) is 2.98. The zero-order valence-electron chi connectivity index (χ0n) is 9.08. The van der Waals surface area contributed by atoms with Crippen LogP contribution in [-0.4, -0.2) is 51.2 Å². The minimum atomic E-state index is 0.119. The van der Waals surface area contributed by atoms with Crippen LogP contribution in [0.25, 0.3) is 0 Å². The largest absolute Gasteiger partial charge is 0.375 e. The first-order valence-electron chi connectivity index (χ1n) is 5.19. The van der Waals surface area contributed by atoms with Gasteiger partial charge in [-0.1, -0.05) is 0 Å². The fourth-order valence-electron chi connectivity index (χ4n) is 1.96. The monoisotopic (exact) mass is 200 g/mol. The standard InChI is InChI=1S/C10H20N2O2/c1-11-6-9-4-3-5-12(7-9)10(13)8-14-2/h9,11H,3-8H2,1-2H3/t9-/m1/s1. The highest BCUT2D eigenvalue weighted by Crippen LogP contribution is 2.15. The predicted octanol–water partition coefficient (Wildman–Crippen LogP) is 0.0908. The lowest BCUT2D eigenvalue weighted by Crippen LogP contribution is -2.43. The molecule has 0 saturated carbocycles. The van der Waals surface area contributed by atoms with Crippen molar-refractivity contribution in [3.63, 3.8) is 0 Å². The summed E-state index contributed by atoms with van der Waals surface area (Å²) in [7, 11) is 3.52. The molecule has 0 radical (unpaired) electrons. The zero-order valence-corrected chi connectivity index (χ0v) is 9.08. The average Bonchev–Trinajstić information content (AvgIpc) is 2.19. The molecule has 0 spiro atoms. The number of carbonyl (C=O) groups is 1. The molecule has 1 aliphatic rings. The van der Waals surface area contributed by atoms with E-state index in [1.807, 2.05) is 11.9 Å². The Morgan fingerprint density at radius 1 is 1.64 bits per heavy atom. The van der Waals surface area contributed by atoms with E-state index in [1.165, 1.54) is 6.42 Å². The number of hydrogen-bond acceptors (Lipinski definition) is 3. The van der Waals surface area contributed by atoms with Crippen molar-refractivity contribution >= 4 is 5.91 Å². The number of nitrogens with one attached hydrogen (secondary N) is 1. The van der Waals surface area contributed by atoms with E-state index in [2.05, 4.69) is 5.32 Å². The van der Waals surface area contributed by atoms with Crippen LogP contribution in [0.1, 0.15) is 12.8 Å². The van der Waals surface area contributed by atoms with Crippen LogP contribution in [0, 0.1) is 5.92 Å². The number of nitrogens with zero attached hydrogens (tertiary/aromatic N) is 1. The van der Waals surface area contributed by atoms with Gasteiger partial charge in [-0.25, -0.2) is 0 Å². The first kappa shape index (κ1) is 11.5. The molecule has 1 heterocycles. The van der Waals surface area contributed by atoms with Crippen molar-refractivity contribution in [3.05, 3.63) is 0 Å². The Labute approximate surface area is 85.6 Å². The van der Waals surface area contributed by atoms with Crippen molar-refractivity contribution in [2.75, 3.05) is 40.4 Å². The summed E-state index contributed by atoms with van der Waals surface area (Å²) in [5, 5.41) is 3.16.